The van der Waals surface area contributed by atoms with Gasteiger partial charge in [-0.2, -0.15) is 0 Å². The lowest BCUT2D eigenvalue weighted by molar-refractivity contribution is -0.134. The van der Waals surface area contributed by atoms with Gasteiger partial charge in [0.05, 0.1) is 0 Å². The molecule has 0 spiro atoms. The minimum absolute atomic E-state index is 0.102. The number of amides is 3. The summed E-state index contributed by atoms with van der Waals surface area (Å²) < 4.78 is 0. The predicted molar refractivity (Wildman–Crippen MR) is 99.2 cm³/mol. The fraction of sp³-hybridized carbons (Fsp3) is 0.600. The number of rotatable bonds is 3. The molecule has 3 atom stereocenters. The second kappa shape index (κ2) is 7.27. The Morgan fingerprint density at radius 3 is 2.54 bits per heavy atom. The zero-order valence-electron chi connectivity index (χ0n) is 15.2. The highest BCUT2D eigenvalue weighted by atomic mass is 16.2. The maximum absolute atomic E-state index is 12.9. The molecule has 0 bridgehead atoms. The van der Waals surface area contributed by atoms with Gasteiger partial charge in [0, 0.05) is 32.7 Å². The lowest BCUT2D eigenvalue weighted by atomic mass is 9.88. The van der Waals surface area contributed by atoms with Gasteiger partial charge < -0.3 is 15.5 Å². The second-order valence-corrected chi connectivity index (χ2v) is 7.96. The van der Waals surface area contributed by atoms with Crippen LogP contribution in [0.1, 0.15) is 24.8 Å². The maximum atomic E-state index is 12.9. The van der Waals surface area contributed by atoms with Crippen molar-refractivity contribution in [3.05, 3.63) is 35.9 Å². The van der Waals surface area contributed by atoms with E-state index in [1.165, 1.54) is 5.56 Å². The van der Waals surface area contributed by atoms with Crippen LogP contribution in [0.5, 0.6) is 0 Å². The molecule has 3 aliphatic heterocycles. The fourth-order valence-corrected chi connectivity index (χ4v) is 4.91. The van der Waals surface area contributed by atoms with Crippen LogP contribution in [0.4, 0.5) is 4.79 Å². The van der Waals surface area contributed by atoms with E-state index in [0.29, 0.717) is 18.4 Å². The van der Waals surface area contributed by atoms with Crippen molar-refractivity contribution in [2.24, 2.45) is 17.6 Å². The third-order valence-electron chi connectivity index (χ3n) is 6.27. The summed E-state index contributed by atoms with van der Waals surface area (Å²) >= 11 is 0. The molecule has 0 aliphatic carbocycles. The molecule has 140 valence electrons. The van der Waals surface area contributed by atoms with Gasteiger partial charge in [-0.1, -0.05) is 30.3 Å². The van der Waals surface area contributed by atoms with Crippen LogP contribution in [0, 0.1) is 11.8 Å². The van der Waals surface area contributed by atoms with Crippen molar-refractivity contribution in [1.29, 1.82) is 0 Å². The zero-order valence-corrected chi connectivity index (χ0v) is 15.2. The first kappa shape index (κ1) is 17.3. The summed E-state index contributed by atoms with van der Waals surface area (Å²) in [6.07, 6.45) is 2.75. The molecule has 0 aromatic heterocycles. The van der Waals surface area contributed by atoms with E-state index in [1.54, 1.807) is 4.90 Å². The number of carbonyl (C=O) groups is 2. The number of hydrogen-bond donors (Lipinski definition) is 1. The zero-order chi connectivity index (χ0) is 18.1. The molecule has 3 amide bonds. The van der Waals surface area contributed by atoms with Gasteiger partial charge in [-0.05, 0) is 43.2 Å². The van der Waals surface area contributed by atoms with E-state index in [2.05, 4.69) is 35.2 Å². The lowest BCUT2D eigenvalue weighted by Crippen LogP contribution is -2.49. The summed E-state index contributed by atoms with van der Waals surface area (Å²) in [7, 11) is 0. The van der Waals surface area contributed by atoms with Gasteiger partial charge in [-0.25, -0.2) is 4.79 Å². The third-order valence-corrected chi connectivity index (χ3v) is 6.27. The summed E-state index contributed by atoms with van der Waals surface area (Å²) in [6.45, 7) is 5.39. The third kappa shape index (κ3) is 3.43. The molecule has 6 heteroatoms. The monoisotopic (exact) mass is 356 g/mol. The Hall–Kier alpha value is -2.08. The van der Waals surface area contributed by atoms with Gasteiger partial charge in [-0.15, -0.1) is 0 Å². The Bertz CT molecular complexity index is 665. The van der Waals surface area contributed by atoms with E-state index in [1.807, 2.05) is 4.90 Å². The standard InChI is InChI=1S/C20H28N4O2/c21-20(26)24-9-4-7-18(24)19(25)23-13-16-8-10-22(12-17(16)14-23)11-15-5-2-1-3-6-15/h1-3,5-6,16-18H,4,7-14H2,(H2,21,26)/t16-,17+,18-/m0/s1. The van der Waals surface area contributed by atoms with Gasteiger partial charge in [0.25, 0.3) is 0 Å². The first-order valence-corrected chi connectivity index (χ1v) is 9.73. The highest BCUT2D eigenvalue weighted by molar-refractivity contribution is 5.87. The summed E-state index contributed by atoms with van der Waals surface area (Å²) in [4.78, 5) is 30.6. The summed E-state index contributed by atoms with van der Waals surface area (Å²) in [6, 6.07) is 9.77. The normalized spacial score (nSPS) is 29.0. The Morgan fingerprint density at radius 1 is 1.00 bits per heavy atom. The van der Waals surface area contributed by atoms with Crippen LogP contribution in [0.2, 0.25) is 0 Å². The van der Waals surface area contributed by atoms with Crippen molar-refractivity contribution in [3.63, 3.8) is 0 Å². The molecular weight excluding hydrogens is 328 g/mol. The summed E-state index contributed by atoms with van der Waals surface area (Å²) in [5.41, 5.74) is 6.79. The predicted octanol–water partition coefficient (Wildman–Crippen LogP) is 1.51. The van der Waals surface area contributed by atoms with Gasteiger partial charge in [0.2, 0.25) is 5.91 Å². The Morgan fingerprint density at radius 2 is 1.77 bits per heavy atom. The van der Waals surface area contributed by atoms with Gasteiger partial charge in [-0.3, -0.25) is 9.69 Å². The van der Waals surface area contributed by atoms with Gasteiger partial charge in [0.15, 0.2) is 0 Å². The largest absolute Gasteiger partial charge is 0.351 e. The molecule has 3 aliphatic rings. The Balaban J connectivity index is 1.36. The average Bonchev–Trinajstić information content (AvgIpc) is 3.28. The van der Waals surface area contributed by atoms with E-state index in [-0.39, 0.29) is 11.9 Å². The number of hydrogen-bond acceptors (Lipinski definition) is 3. The van der Waals surface area contributed by atoms with Crippen LogP contribution in [0.3, 0.4) is 0 Å². The maximum Gasteiger partial charge on any atom is 0.315 e. The van der Waals surface area contributed by atoms with Crippen molar-refractivity contribution in [2.45, 2.75) is 31.8 Å². The molecule has 3 fully saturated rings. The minimum Gasteiger partial charge on any atom is -0.351 e. The highest BCUT2D eigenvalue weighted by Crippen LogP contribution is 2.33. The first-order chi connectivity index (χ1) is 12.6. The van der Waals surface area contributed by atoms with Crippen LogP contribution >= 0.6 is 0 Å². The summed E-state index contributed by atoms with van der Waals surface area (Å²) in [5, 5.41) is 0. The second-order valence-electron chi connectivity index (χ2n) is 7.96. The number of benzene rings is 1. The SMILES string of the molecule is NC(=O)N1CCC[C@H]1C(=O)N1C[C@H]2CN(Cc3ccccc3)CC[C@H]2C1. The van der Waals surface area contributed by atoms with Crippen molar-refractivity contribution >= 4 is 11.9 Å². The van der Waals surface area contributed by atoms with E-state index in [4.69, 9.17) is 5.73 Å². The minimum atomic E-state index is -0.466. The van der Waals surface area contributed by atoms with E-state index in [0.717, 1.165) is 52.0 Å². The molecule has 1 aromatic rings. The molecule has 26 heavy (non-hydrogen) atoms. The van der Waals surface area contributed by atoms with Crippen LogP contribution in [0.25, 0.3) is 0 Å². The number of piperidine rings is 1. The van der Waals surface area contributed by atoms with Gasteiger partial charge in [0.1, 0.15) is 6.04 Å². The van der Waals surface area contributed by atoms with Gasteiger partial charge >= 0.3 is 6.03 Å². The van der Waals surface area contributed by atoms with E-state index in [9.17, 15) is 9.59 Å². The van der Waals surface area contributed by atoms with Crippen molar-refractivity contribution in [2.75, 3.05) is 32.7 Å². The molecule has 4 rings (SSSR count). The summed E-state index contributed by atoms with van der Waals surface area (Å²) in [5.74, 6) is 1.24. The van der Waals surface area contributed by atoms with E-state index < -0.39 is 6.03 Å². The smallest absolute Gasteiger partial charge is 0.315 e. The van der Waals surface area contributed by atoms with Crippen LogP contribution in [-0.2, 0) is 11.3 Å². The molecule has 3 saturated heterocycles. The Labute approximate surface area is 154 Å². The topological polar surface area (TPSA) is 69.9 Å². The number of likely N-dealkylation sites (tertiary alicyclic amines) is 3. The molecule has 6 nitrogen and oxygen atoms in total. The number of fused-ring (bicyclic) bond motifs is 1. The lowest BCUT2D eigenvalue weighted by Gasteiger charge is -2.34. The van der Waals surface area contributed by atoms with Crippen LogP contribution < -0.4 is 5.73 Å². The average molecular weight is 356 g/mol. The molecular formula is C20H28N4O2. The number of urea groups is 1. The first-order valence-electron chi connectivity index (χ1n) is 9.73. The number of nitrogens with zero attached hydrogens (tertiary/aromatic N) is 3. The van der Waals surface area contributed by atoms with Crippen molar-refractivity contribution in [1.82, 2.24) is 14.7 Å². The number of nitrogens with two attached hydrogens (primary N) is 1. The molecule has 0 unspecified atom stereocenters. The molecule has 3 heterocycles. The molecule has 2 N–H and O–H groups in total. The molecule has 0 radical (unpaired) electrons. The number of primary amides is 1. The molecule has 0 saturated carbocycles. The van der Waals surface area contributed by atoms with Crippen molar-refractivity contribution < 1.29 is 9.59 Å². The van der Waals surface area contributed by atoms with Crippen LogP contribution in [0.15, 0.2) is 30.3 Å². The quantitative estimate of drug-likeness (QED) is 0.892. The highest BCUT2D eigenvalue weighted by Gasteiger charge is 2.43. The number of carbonyl (C=O) groups excluding carboxylic acids is 2. The van der Waals surface area contributed by atoms with Crippen molar-refractivity contribution in [3.8, 4) is 0 Å². The Kier molecular flexibility index (Phi) is 4.85. The molecule has 1 aromatic carbocycles. The fourth-order valence-electron chi connectivity index (χ4n) is 4.91. The van der Waals surface area contributed by atoms with E-state index >= 15 is 0 Å². The van der Waals surface area contributed by atoms with Crippen LogP contribution in [-0.4, -0.2) is 65.4 Å².